The molecule has 6 heteroatoms. The maximum Gasteiger partial charge on any atom is 0.252 e. The van der Waals surface area contributed by atoms with Gasteiger partial charge in [0.1, 0.15) is 12.4 Å². The van der Waals surface area contributed by atoms with Gasteiger partial charge in [-0.3, -0.25) is 0 Å². The van der Waals surface area contributed by atoms with E-state index in [0.717, 1.165) is 5.56 Å². The SMILES string of the molecule is N#Cc1ncn(Cc2cc(N)ccc2Cl)n1. The van der Waals surface area contributed by atoms with Crippen LogP contribution < -0.4 is 5.73 Å². The van der Waals surface area contributed by atoms with Crippen molar-refractivity contribution in [3.8, 4) is 6.07 Å². The van der Waals surface area contributed by atoms with E-state index in [1.807, 2.05) is 6.07 Å². The zero-order chi connectivity index (χ0) is 11.5. The van der Waals surface area contributed by atoms with E-state index in [2.05, 4.69) is 10.1 Å². The molecule has 0 aliphatic heterocycles. The van der Waals surface area contributed by atoms with E-state index in [-0.39, 0.29) is 5.82 Å². The molecule has 0 bridgehead atoms. The fraction of sp³-hybridized carbons (Fsp3) is 0.100. The van der Waals surface area contributed by atoms with Gasteiger partial charge in [-0.1, -0.05) is 11.6 Å². The Balaban J connectivity index is 2.27. The molecule has 80 valence electrons. The molecule has 5 nitrogen and oxygen atoms in total. The van der Waals surface area contributed by atoms with Crippen LogP contribution in [0.3, 0.4) is 0 Å². The molecule has 0 saturated carbocycles. The van der Waals surface area contributed by atoms with E-state index in [9.17, 15) is 0 Å². The second kappa shape index (κ2) is 4.21. The average Bonchev–Trinajstić information content (AvgIpc) is 2.71. The van der Waals surface area contributed by atoms with Crippen LogP contribution in [0.5, 0.6) is 0 Å². The number of rotatable bonds is 2. The van der Waals surface area contributed by atoms with Gasteiger partial charge in [0.25, 0.3) is 5.82 Å². The predicted octanol–water partition coefficient (Wildman–Crippen LogP) is 1.43. The molecular formula is C10H8ClN5. The van der Waals surface area contributed by atoms with Gasteiger partial charge in [-0.05, 0) is 23.8 Å². The highest BCUT2D eigenvalue weighted by molar-refractivity contribution is 6.31. The lowest BCUT2D eigenvalue weighted by molar-refractivity contribution is 0.682. The molecule has 1 aromatic heterocycles. The van der Waals surface area contributed by atoms with E-state index in [1.54, 1.807) is 22.9 Å². The van der Waals surface area contributed by atoms with Crippen molar-refractivity contribution in [3.05, 3.63) is 40.9 Å². The number of nitrogen functional groups attached to an aromatic ring is 1. The van der Waals surface area contributed by atoms with Gasteiger partial charge < -0.3 is 5.73 Å². The van der Waals surface area contributed by atoms with E-state index < -0.39 is 0 Å². The van der Waals surface area contributed by atoms with Crippen molar-refractivity contribution in [1.82, 2.24) is 14.8 Å². The number of nitrogens with zero attached hydrogens (tertiary/aromatic N) is 4. The Bertz CT molecular complexity index is 555. The highest BCUT2D eigenvalue weighted by atomic mass is 35.5. The molecule has 0 spiro atoms. The minimum Gasteiger partial charge on any atom is -0.399 e. The Labute approximate surface area is 97.1 Å². The van der Waals surface area contributed by atoms with Crippen molar-refractivity contribution in [1.29, 1.82) is 5.26 Å². The zero-order valence-corrected chi connectivity index (χ0v) is 9.02. The molecule has 0 unspecified atom stereocenters. The summed E-state index contributed by atoms with van der Waals surface area (Å²) in [5, 5.41) is 13.1. The molecule has 16 heavy (non-hydrogen) atoms. The molecule has 0 fully saturated rings. The Hall–Kier alpha value is -2.06. The monoisotopic (exact) mass is 233 g/mol. The first kappa shape index (κ1) is 10.5. The summed E-state index contributed by atoms with van der Waals surface area (Å²) in [7, 11) is 0. The van der Waals surface area contributed by atoms with Crippen LogP contribution in [-0.2, 0) is 6.54 Å². The molecule has 2 N–H and O–H groups in total. The molecule has 0 aliphatic rings. The van der Waals surface area contributed by atoms with Gasteiger partial charge in [-0.15, -0.1) is 5.10 Å². The van der Waals surface area contributed by atoms with Crippen molar-refractivity contribution in [2.24, 2.45) is 0 Å². The Morgan fingerprint density at radius 3 is 3.00 bits per heavy atom. The maximum atomic E-state index is 8.58. The number of anilines is 1. The van der Waals surface area contributed by atoms with Crippen LogP contribution in [0.2, 0.25) is 5.02 Å². The van der Waals surface area contributed by atoms with Crippen molar-refractivity contribution >= 4 is 17.3 Å². The summed E-state index contributed by atoms with van der Waals surface area (Å²) in [5.74, 6) is 0.139. The molecule has 0 saturated heterocycles. The Kier molecular flexibility index (Phi) is 2.75. The average molecular weight is 234 g/mol. The number of hydrogen-bond acceptors (Lipinski definition) is 4. The van der Waals surface area contributed by atoms with E-state index in [4.69, 9.17) is 22.6 Å². The topological polar surface area (TPSA) is 80.5 Å². The third-order valence-corrected chi connectivity index (χ3v) is 2.41. The van der Waals surface area contributed by atoms with E-state index >= 15 is 0 Å². The molecule has 0 aliphatic carbocycles. The van der Waals surface area contributed by atoms with Crippen LogP contribution in [0.1, 0.15) is 11.4 Å². The fourth-order valence-corrected chi connectivity index (χ4v) is 1.49. The van der Waals surface area contributed by atoms with Crippen LogP contribution in [0.15, 0.2) is 24.5 Å². The van der Waals surface area contributed by atoms with Crippen LogP contribution >= 0.6 is 11.6 Å². The molecule has 0 radical (unpaired) electrons. The van der Waals surface area contributed by atoms with Crippen LogP contribution in [0.25, 0.3) is 0 Å². The minimum atomic E-state index is 0.139. The van der Waals surface area contributed by atoms with Gasteiger partial charge in [0.2, 0.25) is 0 Å². The lowest BCUT2D eigenvalue weighted by Gasteiger charge is -2.04. The van der Waals surface area contributed by atoms with Crippen LogP contribution in [-0.4, -0.2) is 14.8 Å². The second-order valence-corrected chi connectivity index (χ2v) is 3.64. The minimum absolute atomic E-state index is 0.139. The zero-order valence-electron chi connectivity index (χ0n) is 8.26. The molecular weight excluding hydrogens is 226 g/mol. The standard InChI is InChI=1S/C10H8ClN5/c11-9-2-1-8(13)3-7(9)5-16-6-14-10(4-12)15-16/h1-3,6H,5,13H2. The molecule has 2 rings (SSSR count). The summed E-state index contributed by atoms with van der Waals surface area (Å²) < 4.78 is 1.54. The second-order valence-electron chi connectivity index (χ2n) is 3.23. The first-order chi connectivity index (χ1) is 7.69. The van der Waals surface area contributed by atoms with Crippen molar-refractivity contribution in [3.63, 3.8) is 0 Å². The number of halogens is 1. The molecule has 0 amide bonds. The lowest BCUT2D eigenvalue weighted by atomic mass is 10.2. The quantitative estimate of drug-likeness (QED) is 0.796. The lowest BCUT2D eigenvalue weighted by Crippen LogP contribution is -2.02. The van der Waals surface area contributed by atoms with Crippen molar-refractivity contribution in [2.45, 2.75) is 6.54 Å². The summed E-state index contributed by atoms with van der Waals surface area (Å²) in [6.07, 6.45) is 1.48. The first-order valence-corrected chi connectivity index (χ1v) is 4.90. The summed E-state index contributed by atoms with van der Waals surface area (Å²) in [4.78, 5) is 3.80. The Morgan fingerprint density at radius 1 is 1.50 bits per heavy atom. The summed E-state index contributed by atoms with van der Waals surface area (Å²) in [6, 6.07) is 7.09. The number of benzene rings is 1. The molecule has 0 atom stereocenters. The van der Waals surface area contributed by atoms with Crippen LogP contribution in [0, 0.1) is 11.3 Å². The molecule has 2 aromatic rings. The fourth-order valence-electron chi connectivity index (χ4n) is 1.31. The molecule has 1 heterocycles. The predicted molar refractivity (Wildman–Crippen MR) is 59.7 cm³/mol. The van der Waals surface area contributed by atoms with Gasteiger partial charge in [0.15, 0.2) is 0 Å². The third kappa shape index (κ3) is 2.12. The largest absolute Gasteiger partial charge is 0.399 e. The van der Waals surface area contributed by atoms with Gasteiger partial charge in [-0.25, -0.2) is 9.67 Å². The number of nitriles is 1. The number of hydrogen-bond donors (Lipinski definition) is 1. The Morgan fingerprint density at radius 2 is 2.31 bits per heavy atom. The normalized spacial score (nSPS) is 10.0. The van der Waals surface area contributed by atoms with Crippen molar-refractivity contribution in [2.75, 3.05) is 5.73 Å². The van der Waals surface area contributed by atoms with Gasteiger partial charge >= 0.3 is 0 Å². The van der Waals surface area contributed by atoms with Gasteiger partial charge in [0.05, 0.1) is 6.54 Å². The van der Waals surface area contributed by atoms with Crippen LogP contribution in [0.4, 0.5) is 5.69 Å². The summed E-state index contributed by atoms with van der Waals surface area (Å²) in [5.41, 5.74) is 7.14. The summed E-state index contributed by atoms with van der Waals surface area (Å²) in [6.45, 7) is 0.443. The van der Waals surface area contributed by atoms with E-state index in [1.165, 1.54) is 6.33 Å². The smallest absolute Gasteiger partial charge is 0.252 e. The van der Waals surface area contributed by atoms with E-state index in [0.29, 0.717) is 17.3 Å². The van der Waals surface area contributed by atoms with Crippen molar-refractivity contribution < 1.29 is 0 Å². The molecule has 1 aromatic carbocycles. The van der Waals surface area contributed by atoms with Gasteiger partial charge in [-0.2, -0.15) is 5.26 Å². The maximum absolute atomic E-state index is 8.58. The number of aromatic nitrogens is 3. The summed E-state index contributed by atoms with van der Waals surface area (Å²) >= 11 is 6.00. The number of nitrogens with two attached hydrogens (primary N) is 1. The highest BCUT2D eigenvalue weighted by Crippen LogP contribution is 2.19. The first-order valence-electron chi connectivity index (χ1n) is 4.52. The van der Waals surface area contributed by atoms with Gasteiger partial charge in [0, 0.05) is 10.7 Å². The third-order valence-electron chi connectivity index (χ3n) is 2.04. The highest BCUT2D eigenvalue weighted by Gasteiger charge is 2.04.